The Balaban J connectivity index is 2.19. The summed E-state index contributed by atoms with van der Waals surface area (Å²) in [5.74, 6) is -2.63. The summed E-state index contributed by atoms with van der Waals surface area (Å²) >= 11 is 0.952. The van der Waals surface area contributed by atoms with Crippen molar-refractivity contribution >= 4 is 29.3 Å². The number of carbonyl (C=O) groups excluding carboxylic acids is 2. The quantitative estimate of drug-likeness (QED) is 0.504. The molecule has 7 heteroatoms. The van der Waals surface area contributed by atoms with Gasteiger partial charge in [0.15, 0.2) is 0 Å². The third kappa shape index (κ3) is 5.79. The second-order valence-corrected chi connectivity index (χ2v) is 7.01. The van der Waals surface area contributed by atoms with Crippen molar-refractivity contribution in [2.45, 2.75) is 36.8 Å². The zero-order chi connectivity index (χ0) is 19.8. The number of ether oxygens (including phenoxy) is 1. The first-order valence-electron chi connectivity index (χ1n) is 8.65. The molecule has 1 atom stereocenters. The zero-order valence-corrected chi connectivity index (χ0v) is 15.9. The van der Waals surface area contributed by atoms with Gasteiger partial charge >= 0.3 is 5.97 Å². The van der Waals surface area contributed by atoms with Crippen molar-refractivity contribution in [1.82, 2.24) is 0 Å². The lowest BCUT2D eigenvalue weighted by Gasteiger charge is -2.15. The van der Waals surface area contributed by atoms with Crippen LogP contribution in [0.2, 0.25) is 0 Å². The molecule has 27 heavy (non-hydrogen) atoms. The van der Waals surface area contributed by atoms with Crippen LogP contribution in [0.15, 0.2) is 47.4 Å². The second kappa shape index (κ2) is 10.1. The summed E-state index contributed by atoms with van der Waals surface area (Å²) in [4.78, 5) is 24.3. The van der Waals surface area contributed by atoms with Crippen LogP contribution in [0.3, 0.4) is 0 Å². The van der Waals surface area contributed by atoms with Crippen molar-refractivity contribution in [1.29, 1.82) is 0 Å². The number of halogens is 2. The first-order chi connectivity index (χ1) is 13.0. The van der Waals surface area contributed by atoms with E-state index in [1.54, 1.807) is 37.3 Å². The first kappa shape index (κ1) is 20.9. The summed E-state index contributed by atoms with van der Waals surface area (Å²) < 4.78 is 33.4. The molecule has 0 heterocycles. The van der Waals surface area contributed by atoms with Crippen LogP contribution in [-0.4, -0.2) is 23.7 Å². The van der Waals surface area contributed by atoms with Gasteiger partial charge in [0.2, 0.25) is 0 Å². The smallest absolute Gasteiger partial charge is 0.319 e. The minimum absolute atomic E-state index is 0.0695. The number of benzene rings is 2. The highest BCUT2D eigenvalue weighted by Crippen LogP contribution is 2.32. The maximum Gasteiger partial charge on any atom is 0.319 e. The molecule has 0 fully saturated rings. The Kier molecular flexibility index (Phi) is 7.79. The molecule has 0 aliphatic carbocycles. The predicted octanol–water partition coefficient (Wildman–Crippen LogP) is 5.04. The molecule has 1 amide bonds. The van der Waals surface area contributed by atoms with Gasteiger partial charge in [-0.1, -0.05) is 32.0 Å². The highest BCUT2D eigenvalue weighted by molar-refractivity contribution is 8.00. The monoisotopic (exact) mass is 393 g/mol. The van der Waals surface area contributed by atoms with Crippen LogP contribution in [0.1, 0.15) is 37.0 Å². The number of nitrogens with one attached hydrogen (secondary N) is 1. The Hall–Kier alpha value is -2.41. The highest BCUT2D eigenvalue weighted by Gasteiger charge is 2.22. The van der Waals surface area contributed by atoms with E-state index in [1.807, 2.05) is 6.92 Å². The van der Waals surface area contributed by atoms with Crippen molar-refractivity contribution in [2.75, 3.05) is 11.9 Å². The number of esters is 1. The Morgan fingerprint density at radius 1 is 1.11 bits per heavy atom. The molecule has 0 aliphatic heterocycles. The van der Waals surface area contributed by atoms with Gasteiger partial charge in [-0.15, -0.1) is 11.8 Å². The molecule has 2 rings (SSSR count). The molecule has 0 saturated carbocycles. The Labute approximate surface area is 161 Å². The molecule has 1 unspecified atom stereocenters. The highest BCUT2D eigenvalue weighted by atomic mass is 32.2. The van der Waals surface area contributed by atoms with Crippen LogP contribution >= 0.6 is 11.8 Å². The number of rotatable bonds is 8. The van der Waals surface area contributed by atoms with E-state index in [1.165, 1.54) is 6.07 Å². The number of thioether (sulfide) groups is 1. The Bertz CT molecular complexity index is 799. The normalized spacial score (nSPS) is 11.7. The molecule has 2 aromatic rings. The van der Waals surface area contributed by atoms with E-state index >= 15 is 0 Å². The molecule has 0 radical (unpaired) electrons. The summed E-state index contributed by atoms with van der Waals surface area (Å²) in [5.41, 5.74) is 0.203. The molecular formula is C20H21F2NO3S. The summed E-state index contributed by atoms with van der Waals surface area (Å²) in [7, 11) is 0. The summed E-state index contributed by atoms with van der Waals surface area (Å²) in [6.45, 7) is 3.95. The molecular weight excluding hydrogens is 372 g/mol. The first-order valence-corrected chi connectivity index (χ1v) is 9.53. The van der Waals surface area contributed by atoms with E-state index in [0.29, 0.717) is 31.1 Å². The molecule has 0 spiro atoms. The van der Waals surface area contributed by atoms with Gasteiger partial charge < -0.3 is 10.1 Å². The second-order valence-electron chi connectivity index (χ2n) is 5.76. The van der Waals surface area contributed by atoms with Crippen LogP contribution in [0.4, 0.5) is 14.5 Å². The SMILES string of the molecule is CCCOC(=O)C(CC)Sc1cc(NC(=O)c2ccccc2)c(F)cc1F. The Morgan fingerprint density at radius 2 is 1.81 bits per heavy atom. The van der Waals surface area contributed by atoms with Crippen LogP contribution < -0.4 is 5.32 Å². The standard InChI is InChI=1S/C20H21F2NO3S/c1-3-10-26-20(25)17(4-2)27-18-12-16(14(21)11-15(18)22)23-19(24)13-8-6-5-7-9-13/h5-9,11-12,17H,3-4,10H2,1-2H3,(H,23,24). The summed E-state index contributed by atoms with van der Waals surface area (Å²) in [6, 6.07) is 10.2. The molecule has 2 aromatic carbocycles. The minimum atomic E-state index is -0.886. The van der Waals surface area contributed by atoms with Gasteiger partial charge in [0.05, 0.1) is 12.3 Å². The number of amides is 1. The van der Waals surface area contributed by atoms with Crippen LogP contribution in [0.5, 0.6) is 0 Å². The molecule has 1 N–H and O–H groups in total. The van der Waals surface area contributed by atoms with E-state index in [-0.39, 0.29) is 10.6 Å². The van der Waals surface area contributed by atoms with Crippen LogP contribution in [0.25, 0.3) is 0 Å². The topological polar surface area (TPSA) is 55.4 Å². The van der Waals surface area contributed by atoms with E-state index in [4.69, 9.17) is 4.74 Å². The molecule has 4 nitrogen and oxygen atoms in total. The van der Waals surface area contributed by atoms with E-state index < -0.39 is 28.8 Å². The van der Waals surface area contributed by atoms with Crippen molar-refractivity contribution < 1.29 is 23.1 Å². The van der Waals surface area contributed by atoms with Crippen molar-refractivity contribution in [2.24, 2.45) is 0 Å². The largest absolute Gasteiger partial charge is 0.465 e. The van der Waals surface area contributed by atoms with Crippen molar-refractivity contribution in [3.63, 3.8) is 0 Å². The van der Waals surface area contributed by atoms with Gasteiger partial charge in [0.1, 0.15) is 16.9 Å². The average molecular weight is 393 g/mol. The van der Waals surface area contributed by atoms with Crippen molar-refractivity contribution in [3.05, 3.63) is 59.7 Å². The number of anilines is 1. The minimum Gasteiger partial charge on any atom is -0.465 e. The molecule has 0 aliphatic rings. The maximum absolute atomic E-state index is 14.2. The maximum atomic E-state index is 14.2. The lowest BCUT2D eigenvalue weighted by Crippen LogP contribution is -2.20. The van der Waals surface area contributed by atoms with Gasteiger partial charge in [-0.2, -0.15) is 0 Å². The van der Waals surface area contributed by atoms with Gasteiger partial charge in [0.25, 0.3) is 5.91 Å². The van der Waals surface area contributed by atoms with E-state index in [9.17, 15) is 18.4 Å². The van der Waals surface area contributed by atoms with Crippen LogP contribution in [0, 0.1) is 11.6 Å². The van der Waals surface area contributed by atoms with Gasteiger partial charge in [-0.05, 0) is 31.0 Å². The summed E-state index contributed by atoms with van der Waals surface area (Å²) in [6.07, 6.45) is 1.11. The van der Waals surface area contributed by atoms with Crippen LogP contribution in [-0.2, 0) is 9.53 Å². The van der Waals surface area contributed by atoms with Gasteiger partial charge in [-0.3, -0.25) is 9.59 Å². The molecule has 0 bridgehead atoms. The lowest BCUT2D eigenvalue weighted by atomic mass is 10.2. The fraction of sp³-hybridized carbons (Fsp3) is 0.300. The fourth-order valence-electron chi connectivity index (χ4n) is 2.25. The third-order valence-corrected chi connectivity index (χ3v) is 5.03. The predicted molar refractivity (Wildman–Crippen MR) is 102 cm³/mol. The number of hydrogen-bond donors (Lipinski definition) is 1. The zero-order valence-electron chi connectivity index (χ0n) is 15.1. The molecule has 0 saturated heterocycles. The third-order valence-electron chi connectivity index (χ3n) is 3.66. The van der Waals surface area contributed by atoms with Gasteiger partial charge in [-0.25, -0.2) is 8.78 Å². The van der Waals surface area contributed by atoms with Gasteiger partial charge in [0, 0.05) is 16.5 Å². The fourth-order valence-corrected chi connectivity index (χ4v) is 3.24. The average Bonchev–Trinajstić information content (AvgIpc) is 2.67. The summed E-state index contributed by atoms with van der Waals surface area (Å²) in [5, 5.41) is 1.82. The number of carbonyl (C=O) groups is 2. The Morgan fingerprint density at radius 3 is 2.44 bits per heavy atom. The molecule has 0 aromatic heterocycles. The van der Waals surface area contributed by atoms with E-state index in [2.05, 4.69) is 5.32 Å². The van der Waals surface area contributed by atoms with Crippen molar-refractivity contribution in [3.8, 4) is 0 Å². The number of hydrogen-bond acceptors (Lipinski definition) is 4. The molecule has 144 valence electrons. The van der Waals surface area contributed by atoms with E-state index in [0.717, 1.165) is 11.8 Å². The lowest BCUT2D eigenvalue weighted by molar-refractivity contribution is -0.143.